The number of nitrogens with two attached hydrogens (primary N) is 1. The molecule has 1 unspecified atom stereocenters. The highest BCUT2D eigenvalue weighted by Gasteiger charge is 2.25. The van der Waals surface area contributed by atoms with Crippen molar-refractivity contribution in [1.82, 2.24) is 4.98 Å². The number of halogens is 1. The lowest BCUT2D eigenvalue weighted by Crippen LogP contribution is -2.21. The Kier molecular flexibility index (Phi) is 3.15. The Balaban J connectivity index is 1.93. The smallest absolute Gasteiger partial charge is 0.326 e. The molecule has 0 aliphatic carbocycles. The molecule has 104 valence electrons. The number of fused-ring (bicyclic) bond motifs is 1. The van der Waals surface area contributed by atoms with Gasteiger partial charge in [-0.15, -0.1) is 11.3 Å². The van der Waals surface area contributed by atoms with Crippen LogP contribution in [0.2, 0.25) is 0 Å². The van der Waals surface area contributed by atoms with Crippen molar-refractivity contribution in [1.29, 1.82) is 0 Å². The van der Waals surface area contributed by atoms with E-state index in [1.54, 1.807) is 11.4 Å². The summed E-state index contributed by atoms with van der Waals surface area (Å²) in [5.41, 5.74) is 7.70. The van der Waals surface area contributed by atoms with Crippen molar-refractivity contribution < 1.29 is 14.3 Å². The molecule has 1 aliphatic rings. The maximum Gasteiger partial charge on any atom is 0.326 e. The van der Waals surface area contributed by atoms with Crippen LogP contribution in [0.3, 0.4) is 0 Å². The van der Waals surface area contributed by atoms with Crippen molar-refractivity contribution in [2.24, 2.45) is 5.73 Å². The molecular formula is C13H12FN3O2S. The number of carboxylic acids is 1. The average Bonchev–Trinajstić information content (AvgIpc) is 3.02. The van der Waals surface area contributed by atoms with E-state index in [1.165, 1.54) is 23.5 Å². The summed E-state index contributed by atoms with van der Waals surface area (Å²) in [6.07, 6.45) is 0.815. The standard InChI is InChI=1S/C13H12FN3O2S/c14-8-2-1-7-3-4-17(10(7)5-8)13-16-9(6-20-13)11(15)12(18)19/h1-2,5-6,11H,3-4,15H2,(H,18,19). The van der Waals surface area contributed by atoms with Gasteiger partial charge >= 0.3 is 5.97 Å². The second kappa shape index (κ2) is 4.84. The zero-order valence-electron chi connectivity index (χ0n) is 10.4. The van der Waals surface area contributed by atoms with Crippen LogP contribution in [-0.4, -0.2) is 22.6 Å². The molecule has 0 saturated carbocycles. The number of rotatable bonds is 3. The summed E-state index contributed by atoms with van der Waals surface area (Å²) >= 11 is 1.31. The van der Waals surface area contributed by atoms with Gasteiger partial charge in [0.25, 0.3) is 0 Å². The third kappa shape index (κ3) is 2.14. The number of anilines is 2. The van der Waals surface area contributed by atoms with E-state index < -0.39 is 12.0 Å². The summed E-state index contributed by atoms with van der Waals surface area (Å²) in [5.74, 6) is -1.41. The number of carboxylic acid groups (broad SMARTS) is 1. The highest BCUT2D eigenvalue weighted by Crippen LogP contribution is 2.37. The number of benzene rings is 1. The van der Waals surface area contributed by atoms with Crippen LogP contribution in [0.5, 0.6) is 0 Å². The fraction of sp³-hybridized carbons (Fsp3) is 0.231. The van der Waals surface area contributed by atoms with Crippen LogP contribution in [0, 0.1) is 5.82 Å². The van der Waals surface area contributed by atoms with Crippen molar-refractivity contribution in [3.63, 3.8) is 0 Å². The Labute approximate surface area is 118 Å². The molecule has 0 saturated heterocycles. The molecule has 20 heavy (non-hydrogen) atoms. The van der Waals surface area contributed by atoms with Gasteiger partial charge in [-0.1, -0.05) is 6.07 Å². The zero-order chi connectivity index (χ0) is 14.3. The van der Waals surface area contributed by atoms with Gasteiger partial charge in [-0.25, -0.2) is 9.37 Å². The summed E-state index contributed by atoms with van der Waals surface area (Å²) in [6, 6.07) is 3.55. The lowest BCUT2D eigenvalue weighted by atomic mass is 10.2. The molecule has 2 heterocycles. The second-order valence-corrected chi connectivity index (χ2v) is 5.38. The maximum atomic E-state index is 13.3. The minimum Gasteiger partial charge on any atom is -0.480 e. The first kappa shape index (κ1) is 13.0. The molecule has 5 nitrogen and oxygen atoms in total. The van der Waals surface area contributed by atoms with Crippen LogP contribution in [0.1, 0.15) is 17.3 Å². The Bertz CT molecular complexity index is 673. The molecule has 7 heteroatoms. The van der Waals surface area contributed by atoms with Gasteiger partial charge in [0.2, 0.25) is 0 Å². The lowest BCUT2D eigenvalue weighted by Gasteiger charge is -2.15. The number of hydrogen-bond donors (Lipinski definition) is 2. The third-order valence-electron chi connectivity index (χ3n) is 3.27. The lowest BCUT2D eigenvalue weighted by molar-refractivity contribution is -0.138. The molecule has 1 aliphatic heterocycles. The van der Waals surface area contributed by atoms with E-state index in [0.717, 1.165) is 17.7 Å². The number of hydrogen-bond acceptors (Lipinski definition) is 5. The molecule has 0 amide bonds. The summed E-state index contributed by atoms with van der Waals surface area (Å²) in [5, 5.41) is 11.2. The molecule has 0 radical (unpaired) electrons. The van der Waals surface area contributed by atoms with E-state index in [0.29, 0.717) is 17.4 Å². The topological polar surface area (TPSA) is 79.5 Å². The molecule has 0 spiro atoms. The fourth-order valence-corrected chi connectivity index (χ4v) is 3.12. The number of nitrogens with zero attached hydrogens (tertiary/aromatic N) is 2. The van der Waals surface area contributed by atoms with Gasteiger partial charge in [0.05, 0.1) is 5.69 Å². The van der Waals surface area contributed by atoms with Gasteiger partial charge in [-0.2, -0.15) is 0 Å². The quantitative estimate of drug-likeness (QED) is 0.905. The van der Waals surface area contributed by atoms with Crippen molar-refractivity contribution >= 4 is 28.1 Å². The van der Waals surface area contributed by atoms with Crippen LogP contribution in [0.25, 0.3) is 0 Å². The van der Waals surface area contributed by atoms with Crippen LogP contribution in [0.4, 0.5) is 15.2 Å². The number of thiazole rings is 1. The number of aliphatic carboxylic acids is 1. The Morgan fingerprint density at radius 2 is 2.35 bits per heavy atom. The van der Waals surface area contributed by atoms with Gasteiger partial charge in [0.1, 0.15) is 11.9 Å². The predicted molar refractivity (Wildman–Crippen MR) is 73.8 cm³/mol. The normalized spacial score (nSPS) is 15.2. The van der Waals surface area contributed by atoms with E-state index >= 15 is 0 Å². The van der Waals surface area contributed by atoms with Crippen LogP contribution >= 0.6 is 11.3 Å². The summed E-state index contributed by atoms with van der Waals surface area (Å²) in [7, 11) is 0. The molecule has 2 aromatic rings. The molecule has 3 N–H and O–H groups in total. The summed E-state index contributed by atoms with van der Waals surface area (Å²) in [6.45, 7) is 0.702. The minimum atomic E-state index is -1.13. The van der Waals surface area contributed by atoms with Gasteiger partial charge in [0, 0.05) is 17.6 Å². The average molecular weight is 293 g/mol. The van der Waals surface area contributed by atoms with E-state index in [9.17, 15) is 9.18 Å². The summed E-state index contributed by atoms with van der Waals surface area (Å²) < 4.78 is 13.3. The van der Waals surface area contributed by atoms with Gasteiger partial charge in [-0.3, -0.25) is 4.79 Å². The molecule has 3 rings (SSSR count). The first-order chi connectivity index (χ1) is 9.56. The van der Waals surface area contributed by atoms with Crippen molar-refractivity contribution in [3.8, 4) is 0 Å². The molecule has 1 atom stereocenters. The maximum absolute atomic E-state index is 13.3. The molecule has 1 aromatic carbocycles. The zero-order valence-corrected chi connectivity index (χ0v) is 11.2. The second-order valence-electron chi connectivity index (χ2n) is 4.55. The number of carbonyl (C=O) groups is 1. The van der Waals surface area contributed by atoms with Crippen LogP contribution in [-0.2, 0) is 11.2 Å². The Morgan fingerprint density at radius 1 is 1.55 bits per heavy atom. The third-order valence-corrected chi connectivity index (χ3v) is 4.15. The summed E-state index contributed by atoms with van der Waals surface area (Å²) in [4.78, 5) is 17.0. The van der Waals surface area contributed by atoms with E-state index in [1.807, 2.05) is 4.90 Å². The Morgan fingerprint density at radius 3 is 3.10 bits per heavy atom. The largest absolute Gasteiger partial charge is 0.480 e. The van der Waals surface area contributed by atoms with Gasteiger partial charge in [-0.05, 0) is 24.1 Å². The minimum absolute atomic E-state index is 0.297. The SMILES string of the molecule is NC(C(=O)O)c1csc(N2CCc3ccc(F)cc32)n1. The van der Waals surface area contributed by atoms with Crippen molar-refractivity contribution in [3.05, 3.63) is 40.7 Å². The van der Waals surface area contributed by atoms with E-state index in [4.69, 9.17) is 10.8 Å². The first-order valence-electron chi connectivity index (χ1n) is 6.06. The Hall–Kier alpha value is -1.99. The van der Waals surface area contributed by atoms with Crippen LogP contribution < -0.4 is 10.6 Å². The highest BCUT2D eigenvalue weighted by molar-refractivity contribution is 7.13. The highest BCUT2D eigenvalue weighted by atomic mass is 32.1. The van der Waals surface area contributed by atoms with E-state index in [-0.39, 0.29) is 5.82 Å². The molecule has 0 fully saturated rings. The molecule has 1 aromatic heterocycles. The van der Waals surface area contributed by atoms with E-state index in [2.05, 4.69) is 4.98 Å². The van der Waals surface area contributed by atoms with Gasteiger partial charge < -0.3 is 15.7 Å². The molecular weight excluding hydrogens is 281 g/mol. The monoisotopic (exact) mass is 293 g/mol. The molecule has 0 bridgehead atoms. The predicted octanol–water partition coefficient (Wildman–Crippen LogP) is 2.06. The van der Waals surface area contributed by atoms with Gasteiger partial charge in [0.15, 0.2) is 5.13 Å². The van der Waals surface area contributed by atoms with Crippen molar-refractivity contribution in [2.75, 3.05) is 11.4 Å². The van der Waals surface area contributed by atoms with Crippen molar-refractivity contribution in [2.45, 2.75) is 12.5 Å². The fourth-order valence-electron chi connectivity index (χ4n) is 2.22. The van der Waals surface area contributed by atoms with Crippen LogP contribution in [0.15, 0.2) is 23.6 Å². The number of aromatic nitrogens is 1. The first-order valence-corrected chi connectivity index (χ1v) is 6.94.